The highest BCUT2D eigenvalue weighted by Gasteiger charge is 2.24. The highest BCUT2D eigenvalue weighted by Crippen LogP contribution is 2.23. The Bertz CT molecular complexity index is 573. The second-order valence-corrected chi connectivity index (χ2v) is 5.20. The van der Waals surface area contributed by atoms with Crippen LogP contribution in [0.1, 0.15) is 13.8 Å². The highest BCUT2D eigenvalue weighted by molar-refractivity contribution is 5.75. The average molecular weight is 284 g/mol. The minimum atomic E-state index is -0.586. The van der Waals surface area contributed by atoms with Crippen molar-refractivity contribution in [1.82, 2.24) is 0 Å². The van der Waals surface area contributed by atoms with E-state index in [1.807, 2.05) is 56.3 Å². The summed E-state index contributed by atoms with van der Waals surface area (Å²) >= 11 is 0. The minimum absolute atomic E-state index is 0.0475. The van der Waals surface area contributed by atoms with E-state index in [0.29, 0.717) is 5.75 Å². The molecule has 2 rings (SSSR count). The van der Waals surface area contributed by atoms with Gasteiger partial charge < -0.3 is 9.47 Å². The lowest BCUT2D eigenvalue weighted by Crippen LogP contribution is -2.33. The predicted molar refractivity (Wildman–Crippen MR) is 83.1 cm³/mol. The number of rotatable bonds is 5. The highest BCUT2D eigenvalue weighted by atomic mass is 16.6. The van der Waals surface area contributed by atoms with E-state index >= 15 is 0 Å². The lowest BCUT2D eigenvalue weighted by molar-refractivity contribution is -0.150. The molecule has 0 saturated carbocycles. The van der Waals surface area contributed by atoms with Gasteiger partial charge in [0.05, 0.1) is 7.11 Å². The molecule has 0 spiro atoms. The van der Waals surface area contributed by atoms with Crippen molar-refractivity contribution in [2.45, 2.75) is 20.0 Å². The van der Waals surface area contributed by atoms with E-state index in [-0.39, 0.29) is 11.9 Å². The molecule has 0 heterocycles. The maximum Gasteiger partial charge on any atom is 0.347 e. The van der Waals surface area contributed by atoms with E-state index in [9.17, 15) is 4.79 Å². The third-order valence-corrected chi connectivity index (χ3v) is 3.26. The van der Waals surface area contributed by atoms with Crippen molar-refractivity contribution < 1.29 is 14.3 Å². The minimum Gasteiger partial charge on any atom is -0.478 e. The number of benzene rings is 2. The smallest absolute Gasteiger partial charge is 0.347 e. The number of carbonyl (C=O) groups excluding carboxylic acids is 1. The number of hydrogen-bond donors (Lipinski definition) is 0. The largest absolute Gasteiger partial charge is 0.478 e. The van der Waals surface area contributed by atoms with Crippen molar-refractivity contribution in [1.29, 1.82) is 0 Å². The van der Waals surface area contributed by atoms with Gasteiger partial charge in [-0.05, 0) is 23.3 Å². The summed E-state index contributed by atoms with van der Waals surface area (Å²) in [6, 6.07) is 17.8. The summed E-state index contributed by atoms with van der Waals surface area (Å²) in [6.07, 6.45) is -0.586. The molecule has 0 bridgehead atoms. The first-order valence-electron chi connectivity index (χ1n) is 7.02. The molecule has 0 aromatic heterocycles. The van der Waals surface area contributed by atoms with Crippen LogP contribution in [0.25, 0.3) is 11.1 Å². The lowest BCUT2D eigenvalue weighted by atomic mass is 10.1. The fraction of sp³-hybridized carbons (Fsp3) is 0.278. The number of hydrogen-bond acceptors (Lipinski definition) is 3. The molecule has 0 radical (unpaired) electrons. The molecule has 0 aliphatic heterocycles. The first kappa shape index (κ1) is 15.1. The molecule has 0 N–H and O–H groups in total. The second-order valence-electron chi connectivity index (χ2n) is 5.20. The number of carbonyl (C=O) groups is 1. The zero-order valence-corrected chi connectivity index (χ0v) is 12.6. The molecule has 0 aliphatic carbocycles. The van der Waals surface area contributed by atoms with Crippen LogP contribution >= 0.6 is 0 Å². The second kappa shape index (κ2) is 6.93. The molecule has 21 heavy (non-hydrogen) atoms. The standard InChI is InChI=1S/C18H20O3/c1-13(2)17(18(19)20-3)21-16-11-9-15(10-12-16)14-7-5-4-6-8-14/h4-13,17H,1-3H3/t17-/m0/s1. The molecular formula is C18H20O3. The maximum atomic E-state index is 11.7. The fourth-order valence-corrected chi connectivity index (χ4v) is 2.08. The molecule has 3 nitrogen and oxygen atoms in total. The molecule has 0 fully saturated rings. The van der Waals surface area contributed by atoms with Gasteiger partial charge in [0.1, 0.15) is 5.75 Å². The summed E-state index contributed by atoms with van der Waals surface area (Å²) in [4.78, 5) is 11.7. The van der Waals surface area contributed by atoms with Crippen LogP contribution in [0.3, 0.4) is 0 Å². The summed E-state index contributed by atoms with van der Waals surface area (Å²) in [5.74, 6) is 0.363. The van der Waals surface area contributed by atoms with Crippen LogP contribution in [0.15, 0.2) is 54.6 Å². The van der Waals surface area contributed by atoms with Crippen LogP contribution in [0.2, 0.25) is 0 Å². The Morgan fingerprint density at radius 2 is 1.48 bits per heavy atom. The number of esters is 1. The van der Waals surface area contributed by atoms with Crippen LogP contribution in [0, 0.1) is 5.92 Å². The third kappa shape index (κ3) is 3.85. The zero-order chi connectivity index (χ0) is 15.2. The lowest BCUT2D eigenvalue weighted by Gasteiger charge is -2.20. The van der Waals surface area contributed by atoms with Crippen molar-refractivity contribution in [2.24, 2.45) is 5.92 Å². The molecule has 0 saturated heterocycles. The predicted octanol–water partition coefficient (Wildman–Crippen LogP) is 3.93. The van der Waals surface area contributed by atoms with Gasteiger partial charge in [-0.3, -0.25) is 0 Å². The summed E-state index contributed by atoms with van der Waals surface area (Å²) in [5, 5.41) is 0. The van der Waals surface area contributed by atoms with E-state index in [2.05, 4.69) is 12.1 Å². The normalized spacial score (nSPS) is 12.0. The number of ether oxygens (including phenoxy) is 2. The van der Waals surface area contributed by atoms with Crippen LogP contribution in [-0.2, 0) is 9.53 Å². The van der Waals surface area contributed by atoms with Gasteiger partial charge in [0, 0.05) is 5.92 Å². The Morgan fingerprint density at radius 3 is 2.00 bits per heavy atom. The third-order valence-electron chi connectivity index (χ3n) is 3.26. The summed E-state index contributed by atoms with van der Waals surface area (Å²) < 4.78 is 10.5. The van der Waals surface area contributed by atoms with E-state index in [4.69, 9.17) is 9.47 Å². The van der Waals surface area contributed by atoms with E-state index in [0.717, 1.165) is 11.1 Å². The first-order chi connectivity index (χ1) is 10.1. The maximum absolute atomic E-state index is 11.7. The van der Waals surface area contributed by atoms with Gasteiger partial charge in [-0.25, -0.2) is 4.79 Å². The van der Waals surface area contributed by atoms with Crippen LogP contribution < -0.4 is 4.74 Å². The monoisotopic (exact) mass is 284 g/mol. The van der Waals surface area contributed by atoms with E-state index in [1.165, 1.54) is 7.11 Å². The SMILES string of the molecule is COC(=O)[C@@H](Oc1ccc(-c2ccccc2)cc1)C(C)C. The molecule has 110 valence electrons. The van der Waals surface area contributed by atoms with Gasteiger partial charge in [0.15, 0.2) is 6.10 Å². The molecule has 3 heteroatoms. The van der Waals surface area contributed by atoms with Gasteiger partial charge in [0.2, 0.25) is 0 Å². The van der Waals surface area contributed by atoms with Crippen LogP contribution in [-0.4, -0.2) is 19.2 Å². The quantitative estimate of drug-likeness (QED) is 0.780. The van der Waals surface area contributed by atoms with E-state index < -0.39 is 6.10 Å². The van der Waals surface area contributed by atoms with Gasteiger partial charge in [-0.15, -0.1) is 0 Å². The Balaban J connectivity index is 2.14. The van der Waals surface area contributed by atoms with Crippen molar-refractivity contribution in [3.8, 4) is 16.9 Å². The molecule has 1 atom stereocenters. The number of methoxy groups -OCH3 is 1. The molecule has 0 aliphatic rings. The average Bonchev–Trinajstić information content (AvgIpc) is 2.53. The molecule has 2 aromatic rings. The topological polar surface area (TPSA) is 35.5 Å². The van der Waals surface area contributed by atoms with Crippen LogP contribution in [0.4, 0.5) is 0 Å². The Labute approximate surface area is 125 Å². The molecular weight excluding hydrogens is 264 g/mol. The van der Waals surface area contributed by atoms with Gasteiger partial charge in [-0.2, -0.15) is 0 Å². The summed E-state index contributed by atoms with van der Waals surface area (Å²) in [7, 11) is 1.37. The molecule has 0 amide bonds. The van der Waals surface area contributed by atoms with Crippen molar-refractivity contribution in [3.63, 3.8) is 0 Å². The van der Waals surface area contributed by atoms with E-state index in [1.54, 1.807) is 0 Å². The zero-order valence-electron chi connectivity index (χ0n) is 12.6. The first-order valence-corrected chi connectivity index (χ1v) is 7.02. The summed E-state index contributed by atoms with van der Waals surface area (Å²) in [5.41, 5.74) is 2.26. The Hall–Kier alpha value is -2.29. The molecule has 2 aromatic carbocycles. The summed E-state index contributed by atoms with van der Waals surface area (Å²) in [6.45, 7) is 3.86. The van der Waals surface area contributed by atoms with Crippen LogP contribution in [0.5, 0.6) is 5.75 Å². The van der Waals surface area contributed by atoms with Gasteiger partial charge >= 0.3 is 5.97 Å². The fourth-order valence-electron chi connectivity index (χ4n) is 2.08. The Morgan fingerprint density at radius 1 is 0.905 bits per heavy atom. The Kier molecular flexibility index (Phi) is 4.99. The van der Waals surface area contributed by atoms with Crippen molar-refractivity contribution >= 4 is 5.97 Å². The van der Waals surface area contributed by atoms with Gasteiger partial charge in [0.25, 0.3) is 0 Å². The molecule has 0 unspecified atom stereocenters. The van der Waals surface area contributed by atoms with Crippen molar-refractivity contribution in [3.05, 3.63) is 54.6 Å². The van der Waals surface area contributed by atoms with Crippen molar-refractivity contribution in [2.75, 3.05) is 7.11 Å². The van der Waals surface area contributed by atoms with Gasteiger partial charge in [-0.1, -0.05) is 56.3 Å².